The van der Waals surface area contributed by atoms with E-state index in [0.717, 1.165) is 17.6 Å². The largest absolute Gasteiger partial charge is 0.330 e. The van der Waals surface area contributed by atoms with E-state index in [1.54, 1.807) is 0 Å². The second kappa shape index (κ2) is 5.86. The molecule has 0 radical (unpaired) electrons. The molecule has 0 atom stereocenters. The number of fused-ring (bicyclic) bond motifs is 1. The fourth-order valence-corrected chi connectivity index (χ4v) is 1.33. The number of hydrogen-bond donors (Lipinski definition) is 1. The molecule has 3 nitrogen and oxygen atoms in total. The molecule has 2 heterocycles. The summed E-state index contributed by atoms with van der Waals surface area (Å²) in [5.41, 5.74) is 7.70. The lowest BCUT2D eigenvalue weighted by molar-refractivity contribution is 0.943. The van der Waals surface area contributed by atoms with E-state index >= 15 is 0 Å². The van der Waals surface area contributed by atoms with Gasteiger partial charge in [0.15, 0.2) is 0 Å². The lowest BCUT2D eigenvalue weighted by Gasteiger charge is -1.94. The molecule has 78 valence electrons. The Labute approximate surface area is 95.1 Å². The van der Waals surface area contributed by atoms with Crippen molar-refractivity contribution in [1.29, 1.82) is 0 Å². The van der Waals surface area contributed by atoms with E-state index < -0.39 is 0 Å². The van der Waals surface area contributed by atoms with Gasteiger partial charge in [-0.15, -0.1) is 24.8 Å². The number of halogens is 2. The summed E-state index contributed by atoms with van der Waals surface area (Å²) in [6.07, 6.45) is 4.66. The van der Waals surface area contributed by atoms with Gasteiger partial charge in [0.25, 0.3) is 0 Å². The number of imidazole rings is 1. The molecule has 2 aromatic rings. The molecular formula is C9H13Cl2N3. The summed E-state index contributed by atoms with van der Waals surface area (Å²) in [4.78, 5) is 4.27. The minimum atomic E-state index is 0. The minimum Gasteiger partial charge on any atom is -0.330 e. The van der Waals surface area contributed by atoms with E-state index in [9.17, 15) is 0 Å². The lowest BCUT2D eigenvalue weighted by atomic mass is 10.2. The number of pyridine rings is 1. The molecule has 2 rings (SSSR count). The van der Waals surface area contributed by atoms with Crippen LogP contribution in [0.3, 0.4) is 0 Å². The summed E-state index contributed by atoms with van der Waals surface area (Å²) in [5.74, 6) is 0. The van der Waals surface area contributed by atoms with Gasteiger partial charge in [-0.25, -0.2) is 4.98 Å². The molecule has 0 saturated carbocycles. The van der Waals surface area contributed by atoms with Crippen molar-refractivity contribution in [2.75, 3.05) is 6.54 Å². The third-order valence-corrected chi connectivity index (χ3v) is 1.90. The Morgan fingerprint density at radius 1 is 1.29 bits per heavy atom. The number of nitrogens with zero attached hydrogens (tertiary/aromatic N) is 2. The van der Waals surface area contributed by atoms with Crippen molar-refractivity contribution in [2.45, 2.75) is 6.42 Å². The summed E-state index contributed by atoms with van der Waals surface area (Å²) in [6, 6.07) is 6.05. The zero-order chi connectivity index (χ0) is 8.39. The van der Waals surface area contributed by atoms with Gasteiger partial charge in [-0.1, -0.05) is 6.07 Å². The van der Waals surface area contributed by atoms with Crippen molar-refractivity contribution in [3.8, 4) is 0 Å². The molecule has 2 N–H and O–H groups in total. The highest BCUT2D eigenvalue weighted by Gasteiger charge is 2.00. The van der Waals surface area contributed by atoms with Crippen molar-refractivity contribution in [3.05, 3.63) is 36.4 Å². The molecule has 14 heavy (non-hydrogen) atoms. The van der Waals surface area contributed by atoms with Gasteiger partial charge in [-0.3, -0.25) is 0 Å². The minimum absolute atomic E-state index is 0. The maximum Gasteiger partial charge on any atom is 0.0995 e. The van der Waals surface area contributed by atoms with E-state index in [0.29, 0.717) is 6.54 Å². The summed E-state index contributed by atoms with van der Waals surface area (Å²) < 4.78 is 2.00. The zero-order valence-corrected chi connectivity index (χ0v) is 9.22. The second-order valence-electron chi connectivity index (χ2n) is 2.72. The molecule has 0 bridgehead atoms. The highest BCUT2D eigenvalue weighted by atomic mass is 35.5. The van der Waals surface area contributed by atoms with Crippen LogP contribution in [0.5, 0.6) is 0 Å². The third-order valence-electron chi connectivity index (χ3n) is 1.90. The quantitative estimate of drug-likeness (QED) is 0.859. The van der Waals surface area contributed by atoms with E-state index in [-0.39, 0.29) is 24.8 Å². The van der Waals surface area contributed by atoms with Gasteiger partial charge in [-0.05, 0) is 18.7 Å². The van der Waals surface area contributed by atoms with Crippen LogP contribution in [0.4, 0.5) is 0 Å². The first kappa shape index (κ1) is 13.2. The molecule has 0 aliphatic heterocycles. The van der Waals surface area contributed by atoms with Crippen LogP contribution in [-0.4, -0.2) is 15.9 Å². The number of hydrogen-bond acceptors (Lipinski definition) is 2. The Balaban J connectivity index is 0.000000845. The molecule has 0 aromatic carbocycles. The molecular weight excluding hydrogens is 221 g/mol. The smallest absolute Gasteiger partial charge is 0.0995 e. The van der Waals surface area contributed by atoms with E-state index in [1.807, 2.05) is 29.1 Å². The van der Waals surface area contributed by atoms with Crippen LogP contribution in [-0.2, 0) is 6.42 Å². The van der Waals surface area contributed by atoms with Crippen molar-refractivity contribution in [3.63, 3.8) is 0 Å². The normalized spacial score (nSPS) is 9.21. The lowest BCUT2D eigenvalue weighted by Crippen LogP contribution is -2.03. The molecule has 0 aliphatic rings. The molecule has 0 spiro atoms. The SMILES string of the molecule is Cl.Cl.NCCc1ncn2ccccc12. The molecule has 0 saturated heterocycles. The molecule has 0 unspecified atom stereocenters. The van der Waals surface area contributed by atoms with Crippen LogP contribution in [0.1, 0.15) is 5.69 Å². The second-order valence-corrected chi connectivity index (χ2v) is 2.72. The van der Waals surface area contributed by atoms with Gasteiger partial charge in [-0.2, -0.15) is 0 Å². The summed E-state index contributed by atoms with van der Waals surface area (Å²) in [6.45, 7) is 0.654. The van der Waals surface area contributed by atoms with Crippen molar-refractivity contribution in [1.82, 2.24) is 9.38 Å². The predicted octanol–water partition coefficient (Wildman–Crippen LogP) is 1.68. The number of nitrogens with two attached hydrogens (primary N) is 1. The molecule has 0 fully saturated rings. The Morgan fingerprint density at radius 3 is 2.79 bits per heavy atom. The highest BCUT2D eigenvalue weighted by Crippen LogP contribution is 2.08. The van der Waals surface area contributed by atoms with E-state index in [4.69, 9.17) is 5.73 Å². The van der Waals surface area contributed by atoms with E-state index in [2.05, 4.69) is 11.1 Å². The fourth-order valence-electron chi connectivity index (χ4n) is 1.33. The summed E-state index contributed by atoms with van der Waals surface area (Å²) in [5, 5.41) is 0. The average molecular weight is 234 g/mol. The van der Waals surface area contributed by atoms with Crippen molar-refractivity contribution >= 4 is 30.3 Å². The standard InChI is InChI=1S/C9H11N3.2ClH/c10-5-4-8-9-3-1-2-6-12(9)7-11-8;;/h1-3,6-7H,4-5,10H2;2*1H. The van der Waals surface area contributed by atoms with Crippen LogP contribution in [0.15, 0.2) is 30.7 Å². The molecule has 0 amide bonds. The van der Waals surface area contributed by atoms with Gasteiger partial charge in [0.1, 0.15) is 0 Å². The molecule has 5 heteroatoms. The van der Waals surface area contributed by atoms with Gasteiger partial charge < -0.3 is 10.1 Å². The first-order valence-corrected chi connectivity index (χ1v) is 4.02. The fraction of sp³-hybridized carbons (Fsp3) is 0.222. The maximum atomic E-state index is 5.46. The van der Waals surface area contributed by atoms with Gasteiger partial charge in [0.2, 0.25) is 0 Å². The van der Waals surface area contributed by atoms with Crippen LogP contribution in [0.25, 0.3) is 5.52 Å². The Morgan fingerprint density at radius 2 is 2.07 bits per heavy atom. The van der Waals surface area contributed by atoms with Gasteiger partial charge in [0, 0.05) is 12.6 Å². The zero-order valence-electron chi connectivity index (χ0n) is 7.59. The molecule has 0 aliphatic carbocycles. The average Bonchev–Trinajstić information content (AvgIpc) is 2.50. The number of rotatable bonds is 2. The maximum absolute atomic E-state index is 5.46. The van der Waals surface area contributed by atoms with Crippen LogP contribution in [0, 0.1) is 0 Å². The Bertz CT molecular complexity index is 386. The topological polar surface area (TPSA) is 43.3 Å². The summed E-state index contributed by atoms with van der Waals surface area (Å²) >= 11 is 0. The predicted molar refractivity (Wildman–Crippen MR) is 62.4 cm³/mol. The highest BCUT2D eigenvalue weighted by molar-refractivity contribution is 5.85. The summed E-state index contributed by atoms with van der Waals surface area (Å²) in [7, 11) is 0. The monoisotopic (exact) mass is 233 g/mol. The van der Waals surface area contributed by atoms with Gasteiger partial charge in [0.05, 0.1) is 17.5 Å². The van der Waals surface area contributed by atoms with E-state index in [1.165, 1.54) is 0 Å². The third kappa shape index (κ3) is 2.38. The van der Waals surface area contributed by atoms with Gasteiger partial charge >= 0.3 is 0 Å². The first-order valence-electron chi connectivity index (χ1n) is 4.02. The van der Waals surface area contributed by atoms with Crippen molar-refractivity contribution in [2.24, 2.45) is 5.73 Å². The van der Waals surface area contributed by atoms with Crippen LogP contribution < -0.4 is 5.73 Å². The Kier molecular flexibility index (Phi) is 5.53. The van der Waals surface area contributed by atoms with Crippen molar-refractivity contribution < 1.29 is 0 Å². The van der Waals surface area contributed by atoms with Crippen LogP contribution >= 0.6 is 24.8 Å². The Hall–Kier alpha value is -0.770. The molecule has 2 aromatic heterocycles. The number of aromatic nitrogens is 2. The van der Waals surface area contributed by atoms with Crippen LogP contribution in [0.2, 0.25) is 0 Å². The first-order chi connectivity index (χ1) is 5.92.